The van der Waals surface area contributed by atoms with E-state index in [4.69, 9.17) is 37.9 Å². The van der Waals surface area contributed by atoms with Gasteiger partial charge in [0.1, 0.15) is 61.0 Å². The Labute approximate surface area is 352 Å². The second-order valence-corrected chi connectivity index (χ2v) is 20.6. The van der Waals surface area contributed by atoms with Crippen LogP contribution in [0.3, 0.4) is 0 Å². The van der Waals surface area contributed by atoms with Gasteiger partial charge in [0.2, 0.25) is 0 Å². The number of aliphatic hydroxyl groups excluding tert-OH is 8. The van der Waals surface area contributed by atoms with E-state index in [0.717, 1.165) is 45.1 Å². The first kappa shape index (κ1) is 44.3. The Bertz CT molecular complexity index is 1560. The van der Waals surface area contributed by atoms with Crippen molar-refractivity contribution < 1.29 is 78.7 Å². The molecular formula is C44H70O16. The fourth-order valence-electron chi connectivity index (χ4n) is 13.7. The molecule has 0 unspecified atom stereocenters. The van der Waals surface area contributed by atoms with Crippen LogP contribution in [0.15, 0.2) is 11.6 Å². The lowest BCUT2D eigenvalue weighted by Crippen LogP contribution is -2.66. The van der Waals surface area contributed by atoms with Crippen molar-refractivity contribution in [3.05, 3.63) is 11.6 Å². The minimum Gasteiger partial charge on any atom is -0.394 e. The Morgan fingerprint density at radius 1 is 0.733 bits per heavy atom. The largest absolute Gasteiger partial charge is 0.394 e. The average Bonchev–Trinajstić information content (AvgIpc) is 3.68. The van der Waals surface area contributed by atoms with Crippen molar-refractivity contribution in [2.24, 2.45) is 46.3 Å². The first-order chi connectivity index (χ1) is 28.5. The zero-order valence-corrected chi connectivity index (χ0v) is 35.6. The molecule has 16 nitrogen and oxygen atoms in total. The standard InChI is InChI=1S/C44H70O16/c1-19-8-13-44(54-17-19)20(2)30-28(60-44)15-26-24-7-6-22-14-23(9-11-42(22,4)25(24)10-12-43(26,30)5)56-41-38(59-40-35(51)33(49)31(47)21(3)55-40)36(52)37(29(16-45)57-41)58-39-34(50)32(48)27(46)18-53-39/h6,19-21,23-41,45-52H,7-18H2,1-5H3/t19-,20+,21+,23+,24-,25+,26+,27+,28+,29-,30+,31+,32-,33-,34-,35-,36+,37-,38-,39+,40+,41-,42+,43+,44-/m1/s1. The van der Waals surface area contributed by atoms with Gasteiger partial charge in [-0.15, -0.1) is 0 Å². The van der Waals surface area contributed by atoms with E-state index in [-0.39, 0.29) is 29.6 Å². The smallest absolute Gasteiger partial charge is 0.187 e. The van der Waals surface area contributed by atoms with Crippen LogP contribution in [0.2, 0.25) is 0 Å². The zero-order valence-electron chi connectivity index (χ0n) is 35.6. The van der Waals surface area contributed by atoms with Gasteiger partial charge in [0.15, 0.2) is 24.7 Å². The molecule has 9 rings (SSSR count). The molecular weight excluding hydrogens is 784 g/mol. The maximum absolute atomic E-state index is 11.9. The molecule has 0 aromatic carbocycles. The van der Waals surface area contributed by atoms with Gasteiger partial charge in [-0.25, -0.2) is 0 Å². The highest BCUT2D eigenvalue weighted by Crippen LogP contribution is 2.70. The summed E-state index contributed by atoms with van der Waals surface area (Å²) in [6.45, 7) is 10.9. The number of hydrogen-bond donors (Lipinski definition) is 8. The highest BCUT2D eigenvalue weighted by molar-refractivity contribution is 5.26. The predicted molar refractivity (Wildman–Crippen MR) is 208 cm³/mol. The molecule has 5 heterocycles. The minimum absolute atomic E-state index is 0.0142. The molecule has 5 saturated heterocycles. The molecule has 0 aromatic heterocycles. The molecule has 8 N–H and O–H groups in total. The van der Waals surface area contributed by atoms with Crippen molar-refractivity contribution in [3.8, 4) is 0 Å². The molecule has 9 aliphatic rings. The summed E-state index contributed by atoms with van der Waals surface area (Å²) in [6.07, 6.45) is -9.25. The lowest BCUT2D eigenvalue weighted by Gasteiger charge is -2.58. The minimum atomic E-state index is -1.70. The molecule has 3 saturated carbocycles. The number of fused-ring (bicyclic) bond motifs is 7. The van der Waals surface area contributed by atoms with E-state index >= 15 is 0 Å². The molecule has 8 fully saturated rings. The fraction of sp³-hybridized carbons (Fsp3) is 0.955. The molecule has 0 bridgehead atoms. The second kappa shape index (κ2) is 16.5. The molecule has 1 spiro atoms. The SMILES string of the molecule is C[C@@H]1CC[C@@]2(OC1)O[C@H]1C[C@H]3[C@@H]4CC=C5C[C@@H](O[C@@H]6O[C@H](CO)[C@@H](O[C@@H]7OC[C@H](O)[C@@H](O)[C@H]7O)[C@H](O)[C@H]6O[C@@H]6O[C@@H](C)[C@H](O)[C@@H](O)[C@H]6O)CC[C@]5(C)[C@H]4CC[C@]3(C)[C@H]1[C@@H]2C. The summed E-state index contributed by atoms with van der Waals surface area (Å²) >= 11 is 0. The van der Waals surface area contributed by atoms with Crippen LogP contribution in [-0.4, -0.2) is 165 Å². The molecule has 5 aliphatic heterocycles. The molecule has 4 aliphatic carbocycles. The topological polar surface area (TPSA) is 236 Å². The Balaban J connectivity index is 0.913. The van der Waals surface area contributed by atoms with Crippen molar-refractivity contribution in [2.45, 2.75) is 196 Å². The zero-order chi connectivity index (χ0) is 42.6. The molecule has 342 valence electrons. The van der Waals surface area contributed by atoms with Gasteiger partial charge in [0.05, 0.1) is 38.1 Å². The van der Waals surface area contributed by atoms with Crippen LogP contribution in [0.5, 0.6) is 0 Å². The molecule has 0 radical (unpaired) electrons. The molecule has 0 amide bonds. The number of aliphatic hydroxyl groups is 8. The summed E-state index contributed by atoms with van der Waals surface area (Å²) in [6, 6.07) is 0. The number of rotatable bonds is 7. The molecule has 16 heteroatoms. The van der Waals surface area contributed by atoms with Gasteiger partial charge in [-0.3, -0.25) is 0 Å². The lowest BCUT2D eigenvalue weighted by atomic mass is 9.47. The fourth-order valence-corrected chi connectivity index (χ4v) is 13.7. The van der Waals surface area contributed by atoms with Crippen LogP contribution in [0.25, 0.3) is 0 Å². The van der Waals surface area contributed by atoms with Gasteiger partial charge < -0.3 is 78.7 Å². The van der Waals surface area contributed by atoms with Crippen LogP contribution in [-0.2, 0) is 37.9 Å². The molecule has 0 aromatic rings. The molecule has 25 atom stereocenters. The first-order valence-corrected chi connectivity index (χ1v) is 22.8. The van der Waals surface area contributed by atoms with Crippen molar-refractivity contribution >= 4 is 0 Å². The van der Waals surface area contributed by atoms with E-state index in [1.165, 1.54) is 18.9 Å². The summed E-state index contributed by atoms with van der Waals surface area (Å²) in [5.74, 6) is 2.65. The van der Waals surface area contributed by atoms with Crippen LogP contribution in [0.1, 0.15) is 92.4 Å². The number of ether oxygens (including phenoxy) is 8. The van der Waals surface area contributed by atoms with Gasteiger partial charge in [0.25, 0.3) is 0 Å². The van der Waals surface area contributed by atoms with Crippen molar-refractivity contribution in [3.63, 3.8) is 0 Å². The van der Waals surface area contributed by atoms with E-state index in [1.807, 2.05) is 0 Å². The number of allylic oxidation sites excluding steroid dienone is 1. The van der Waals surface area contributed by atoms with Gasteiger partial charge >= 0.3 is 0 Å². The van der Waals surface area contributed by atoms with E-state index in [2.05, 4.69) is 33.8 Å². The third-order valence-corrected chi connectivity index (χ3v) is 17.3. The highest BCUT2D eigenvalue weighted by Gasteiger charge is 2.69. The average molecular weight is 855 g/mol. The van der Waals surface area contributed by atoms with Crippen molar-refractivity contribution in [1.29, 1.82) is 0 Å². The van der Waals surface area contributed by atoms with Gasteiger partial charge in [-0.05, 0) is 98.7 Å². The third-order valence-electron chi connectivity index (χ3n) is 17.3. The van der Waals surface area contributed by atoms with Crippen LogP contribution in [0, 0.1) is 46.3 Å². The van der Waals surface area contributed by atoms with E-state index in [1.54, 1.807) is 0 Å². The van der Waals surface area contributed by atoms with E-state index in [0.29, 0.717) is 48.3 Å². The Hall–Kier alpha value is -0.900. The van der Waals surface area contributed by atoms with Gasteiger partial charge in [-0.2, -0.15) is 0 Å². The van der Waals surface area contributed by atoms with Crippen LogP contribution < -0.4 is 0 Å². The van der Waals surface area contributed by atoms with Crippen molar-refractivity contribution in [2.75, 3.05) is 19.8 Å². The summed E-state index contributed by atoms with van der Waals surface area (Å²) in [4.78, 5) is 0. The van der Waals surface area contributed by atoms with Crippen LogP contribution >= 0.6 is 0 Å². The Kier molecular flexibility index (Phi) is 12.2. The maximum atomic E-state index is 11.9. The van der Waals surface area contributed by atoms with Gasteiger partial charge in [-0.1, -0.05) is 39.3 Å². The van der Waals surface area contributed by atoms with Crippen molar-refractivity contribution in [1.82, 2.24) is 0 Å². The second-order valence-electron chi connectivity index (χ2n) is 20.6. The lowest BCUT2D eigenvalue weighted by molar-refractivity contribution is -0.385. The van der Waals surface area contributed by atoms with Crippen LogP contribution in [0.4, 0.5) is 0 Å². The Morgan fingerprint density at radius 2 is 1.48 bits per heavy atom. The molecule has 60 heavy (non-hydrogen) atoms. The summed E-state index contributed by atoms with van der Waals surface area (Å²) in [5.41, 5.74) is 1.54. The van der Waals surface area contributed by atoms with Gasteiger partial charge in [0, 0.05) is 12.3 Å². The maximum Gasteiger partial charge on any atom is 0.187 e. The van der Waals surface area contributed by atoms with E-state index < -0.39 is 98.4 Å². The monoisotopic (exact) mass is 854 g/mol. The summed E-state index contributed by atoms with van der Waals surface area (Å²) in [5, 5.41) is 85.1. The third kappa shape index (κ3) is 7.19. The summed E-state index contributed by atoms with van der Waals surface area (Å²) < 4.78 is 49.8. The first-order valence-electron chi connectivity index (χ1n) is 22.8. The van der Waals surface area contributed by atoms with E-state index in [9.17, 15) is 40.9 Å². The Morgan fingerprint density at radius 3 is 2.22 bits per heavy atom. The quantitative estimate of drug-likeness (QED) is 0.166. The highest BCUT2D eigenvalue weighted by atomic mass is 16.8. The number of hydrogen-bond acceptors (Lipinski definition) is 16. The summed E-state index contributed by atoms with van der Waals surface area (Å²) in [7, 11) is 0. The predicted octanol–water partition coefficient (Wildman–Crippen LogP) is 0.853. The normalized spacial score (nSPS) is 57.9.